The normalized spacial score (nSPS) is 25.0. The maximum Gasteiger partial charge on any atom is 0.232 e. The van der Waals surface area contributed by atoms with Gasteiger partial charge in [-0.25, -0.2) is 0 Å². The second-order valence-corrected chi connectivity index (χ2v) is 38.3. The Morgan fingerprint density at radius 1 is 0.309 bits per heavy atom. The molecule has 2 aromatic heterocycles. The SMILES string of the molecule is CON1C(C)(C)CC(N2CCCCCCN(C3CC(C)(C)N(OC)C(C)(C)C3)c3nc(NC(C)(C)CC(C)(C)C)nc(n3)N(C3CC(C)(C)N(OC)C(C)(C)C3)CCCCCCN(C3CC(C)(C)N(OC)C(C)(C)C3)c3nc(NC(C)(C)CC(C)(C)C)nc2n3)CC1(C)C. The van der Waals surface area contributed by atoms with Crippen molar-refractivity contribution in [3.05, 3.63) is 0 Å². The highest BCUT2D eigenvalue weighted by Crippen LogP contribution is 2.47. The first-order chi connectivity index (χ1) is 43.0. The summed E-state index contributed by atoms with van der Waals surface area (Å²) in [7, 11) is 7.32. The summed E-state index contributed by atoms with van der Waals surface area (Å²) in [6.07, 6.45) is 16.9. The van der Waals surface area contributed by atoms with E-state index in [2.05, 4.69) is 231 Å². The quantitative estimate of drug-likeness (QED) is 0.183. The molecule has 0 radical (unpaired) electrons. The van der Waals surface area contributed by atoms with Crippen LogP contribution in [0.1, 0.15) is 296 Å². The van der Waals surface area contributed by atoms with Gasteiger partial charge in [0, 0.05) is 106 Å². The molecule has 5 aliphatic heterocycles. The van der Waals surface area contributed by atoms with Gasteiger partial charge in [0.15, 0.2) is 0 Å². The summed E-state index contributed by atoms with van der Waals surface area (Å²) < 4.78 is 0. The molecule has 540 valence electrons. The zero-order valence-electron chi connectivity index (χ0n) is 65.8. The Morgan fingerprint density at radius 3 is 0.649 bits per heavy atom. The van der Waals surface area contributed by atoms with E-state index >= 15 is 0 Å². The van der Waals surface area contributed by atoms with E-state index in [0.29, 0.717) is 11.9 Å². The van der Waals surface area contributed by atoms with Crippen LogP contribution < -0.4 is 30.2 Å². The summed E-state index contributed by atoms with van der Waals surface area (Å²) in [5.41, 5.74) is -2.62. The lowest BCUT2D eigenvalue weighted by Gasteiger charge is -2.55. The van der Waals surface area contributed by atoms with E-state index in [1.807, 2.05) is 28.4 Å². The molecule has 4 fully saturated rings. The molecule has 2 aromatic rings. The van der Waals surface area contributed by atoms with Crippen molar-refractivity contribution in [2.24, 2.45) is 10.8 Å². The number of aromatic nitrogens is 6. The number of hydrogen-bond acceptors (Lipinski definition) is 20. The summed E-state index contributed by atoms with van der Waals surface area (Å²) in [6.45, 7) is 63.6. The lowest BCUT2D eigenvalue weighted by molar-refractivity contribution is -0.266. The van der Waals surface area contributed by atoms with Gasteiger partial charge in [0.25, 0.3) is 0 Å². The molecule has 0 unspecified atom stereocenters. The number of anilines is 6. The zero-order chi connectivity index (χ0) is 70.4. The number of rotatable bonds is 14. The third kappa shape index (κ3) is 19.1. The van der Waals surface area contributed by atoms with Crippen molar-refractivity contribution >= 4 is 35.7 Å². The van der Waals surface area contributed by atoms with Gasteiger partial charge in [-0.15, -0.1) is 0 Å². The Labute approximate surface area is 573 Å². The number of nitrogens with zero attached hydrogens (tertiary/aromatic N) is 14. The predicted molar refractivity (Wildman–Crippen MR) is 390 cm³/mol. The summed E-state index contributed by atoms with van der Waals surface area (Å²) in [6, 6.07) is 0.509. The van der Waals surface area contributed by atoms with Crippen molar-refractivity contribution in [1.29, 1.82) is 0 Å². The van der Waals surface area contributed by atoms with Crippen LogP contribution in [-0.4, -0.2) is 184 Å². The van der Waals surface area contributed by atoms with Crippen LogP contribution in [0.2, 0.25) is 0 Å². The number of hydroxylamine groups is 8. The van der Waals surface area contributed by atoms with Gasteiger partial charge in [-0.05, 0) is 239 Å². The molecule has 4 bridgehead atoms. The maximum atomic E-state index is 6.26. The summed E-state index contributed by atoms with van der Waals surface area (Å²) in [5.74, 6) is 4.29. The van der Waals surface area contributed by atoms with Crippen molar-refractivity contribution in [1.82, 2.24) is 50.2 Å². The predicted octanol–water partition coefficient (Wildman–Crippen LogP) is 15.7. The van der Waals surface area contributed by atoms with Crippen LogP contribution in [0.5, 0.6) is 0 Å². The second kappa shape index (κ2) is 28.6. The Hall–Kier alpha value is -3.50. The molecule has 0 atom stereocenters. The molecule has 2 N–H and O–H groups in total. The number of hydrogen-bond donors (Lipinski definition) is 2. The number of fused-ring (bicyclic) bond motifs is 4. The Kier molecular flexibility index (Phi) is 23.7. The molecular formula is C74H140N16O4. The lowest BCUT2D eigenvalue weighted by Crippen LogP contribution is -2.64. The van der Waals surface area contributed by atoms with Gasteiger partial charge in [-0.1, -0.05) is 67.2 Å². The summed E-state index contributed by atoms with van der Waals surface area (Å²) >= 11 is 0. The molecule has 94 heavy (non-hydrogen) atoms. The van der Waals surface area contributed by atoms with E-state index in [1.165, 1.54) is 0 Å². The minimum atomic E-state index is -0.309. The highest BCUT2D eigenvalue weighted by molar-refractivity contribution is 5.50. The van der Waals surface area contributed by atoms with Crippen molar-refractivity contribution in [3.63, 3.8) is 0 Å². The van der Waals surface area contributed by atoms with Gasteiger partial charge in [-0.2, -0.15) is 50.2 Å². The van der Waals surface area contributed by atoms with E-state index in [0.717, 1.165) is 166 Å². The van der Waals surface area contributed by atoms with Gasteiger partial charge in [0.2, 0.25) is 35.7 Å². The van der Waals surface area contributed by atoms with Gasteiger partial charge >= 0.3 is 0 Å². The van der Waals surface area contributed by atoms with Crippen molar-refractivity contribution in [3.8, 4) is 0 Å². The monoisotopic (exact) mass is 1320 g/mol. The van der Waals surface area contributed by atoms with E-state index in [4.69, 9.17) is 49.3 Å². The highest BCUT2D eigenvalue weighted by atomic mass is 16.7. The van der Waals surface area contributed by atoms with Crippen LogP contribution in [0.25, 0.3) is 0 Å². The first-order valence-corrected chi connectivity index (χ1v) is 36.5. The zero-order valence-corrected chi connectivity index (χ0v) is 65.8. The van der Waals surface area contributed by atoms with Crippen molar-refractivity contribution in [2.75, 3.05) is 84.9 Å². The van der Waals surface area contributed by atoms with Crippen LogP contribution >= 0.6 is 0 Å². The third-order valence-corrected chi connectivity index (χ3v) is 21.0. The largest absolute Gasteiger partial charge is 0.349 e. The van der Waals surface area contributed by atoms with Crippen LogP contribution in [0.3, 0.4) is 0 Å². The first-order valence-electron chi connectivity index (χ1n) is 36.5. The second-order valence-electron chi connectivity index (χ2n) is 38.3. The van der Waals surface area contributed by atoms with Crippen LogP contribution in [0, 0.1) is 10.8 Å². The van der Waals surface area contributed by atoms with Crippen LogP contribution in [0.4, 0.5) is 35.7 Å². The molecule has 0 aliphatic carbocycles. The third-order valence-electron chi connectivity index (χ3n) is 21.0. The molecule has 0 aromatic carbocycles. The molecule has 7 rings (SSSR count). The molecule has 5 aliphatic rings. The standard InChI is InChI=1S/C74H140N16O4/c1-63(2,3)51-65(7,8)81-57-75-59-79-60(76-57)84(54-45-69(15,16)88(92-28)70(17,18)46-54)40-36-32-34-38-42-86(56-49-73(23,24)90(94-30)74(25,26)50-56)62-78-58(82-66(9,10)52-64(4,5)6)77-61(80-62)85(55-47-71(19,20)89(93-29)72(21,22)48-55)41-37-33-31-35-39-83(59)53-43-67(11,12)87(91-27)68(13,14)44-53/h53-56H,31-52H2,1-30H3,(H,75,76,79,81)(H,77,78,80,82). The maximum absolute atomic E-state index is 6.26. The Balaban J connectivity index is 1.41. The highest BCUT2D eigenvalue weighted by Gasteiger charge is 2.53. The van der Waals surface area contributed by atoms with Gasteiger partial charge in [0.1, 0.15) is 0 Å². The molecule has 0 spiro atoms. The molecule has 20 heteroatoms. The average molecular weight is 1320 g/mol. The van der Waals surface area contributed by atoms with E-state index in [-0.39, 0.29) is 90.4 Å². The van der Waals surface area contributed by atoms with Crippen LogP contribution in [0.15, 0.2) is 0 Å². The molecule has 0 amide bonds. The van der Waals surface area contributed by atoms with E-state index in [9.17, 15) is 0 Å². The van der Waals surface area contributed by atoms with E-state index in [1.54, 1.807) is 0 Å². The molecule has 20 nitrogen and oxygen atoms in total. The van der Waals surface area contributed by atoms with E-state index < -0.39 is 0 Å². The number of piperidine rings is 4. The topological polar surface area (TPSA) is 164 Å². The summed E-state index contributed by atoms with van der Waals surface area (Å²) in [5, 5.41) is 16.8. The van der Waals surface area contributed by atoms with Crippen molar-refractivity contribution < 1.29 is 19.4 Å². The Morgan fingerprint density at radius 2 is 0.489 bits per heavy atom. The first kappa shape index (κ1) is 77.8. The minimum absolute atomic E-state index is 0.0681. The van der Waals surface area contributed by atoms with Crippen molar-refractivity contribution in [2.45, 2.75) is 375 Å². The average Bonchev–Trinajstić information content (AvgIpc) is 0.773. The number of nitrogens with one attached hydrogen (secondary N) is 2. The van der Waals surface area contributed by atoms with Gasteiger partial charge in [0.05, 0.1) is 28.4 Å². The molecule has 0 saturated carbocycles. The van der Waals surface area contributed by atoms with Crippen LogP contribution in [-0.2, 0) is 19.4 Å². The minimum Gasteiger partial charge on any atom is -0.349 e. The van der Waals surface area contributed by atoms with Gasteiger partial charge < -0.3 is 49.6 Å². The fourth-order valence-electron chi connectivity index (χ4n) is 20.0. The molecule has 4 saturated heterocycles. The smallest absolute Gasteiger partial charge is 0.232 e. The Bertz CT molecular complexity index is 2380. The fourth-order valence-corrected chi connectivity index (χ4v) is 20.0. The fraction of sp³-hybridized carbons (Fsp3) is 0.919. The van der Waals surface area contributed by atoms with Gasteiger partial charge in [-0.3, -0.25) is 0 Å². The summed E-state index contributed by atoms with van der Waals surface area (Å²) in [4.78, 5) is 69.5. The molecule has 7 heterocycles. The molecular weight excluding hydrogens is 1180 g/mol. The lowest BCUT2D eigenvalue weighted by atomic mass is 9.78.